The Morgan fingerprint density at radius 3 is 1.92 bits per heavy atom. The monoisotopic (exact) mass is 165 g/mol. The average Bonchev–Trinajstić information content (AvgIpc) is 2.19. The van der Waals surface area contributed by atoms with E-state index in [1.165, 1.54) is 13.4 Å². The van der Waals surface area contributed by atoms with Crippen molar-refractivity contribution in [1.29, 1.82) is 5.26 Å². The van der Waals surface area contributed by atoms with E-state index < -0.39 is 0 Å². The number of para-hydroxylation sites is 1. The Kier molecular flexibility index (Phi) is 6.37. The number of methoxy groups -OCH3 is 2. The third-order valence-corrected chi connectivity index (χ3v) is 1.07. The van der Waals surface area contributed by atoms with Crippen LogP contribution in [0.25, 0.3) is 0 Å². The zero-order valence-corrected chi connectivity index (χ0v) is 7.15. The van der Waals surface area contributed by atoms with Gasteiger partial charge >= 0.3 is 0 Å². The highest BCUT2D eigenvalue weighted by molar-refractivity contribution is 5.20. The van der Waals surface area contributed by atoms with Crippen molar-refractivity contribution in [2.75, 3.05) is 14.2 Å². The lowest BCUT2D eigenvalue weighted by atomic mass is 10.3. The minimum absolute atomic E-state index is 0.910. The minimum atomic E-state index is 0.910. The summed E-state index contributed by atoms with van der Waals surface area (Å²) in [5.74, 6) is 0.910. The van der Waals surface area contributed by atoms with Crippen LogP contribution in [0, 0.1) is 11.5 Å². The number of benzene rings is 1. The van der Waals surface area contributed by atoms with Crippen molar-refractivity contribution in [2.45, 2.75) is 0 Å². The van der Waals surface area contributed by atoms with E-state index in [2.05, 4.69) is 4.74 Å². The molecule has 1 aromatic rings. The third kappa shape index (κ3) is 5.12. The minimum Gasteiger partial charge on any atom is -0.497 e. The van der Waals surface area contributed by atoms with Gasteiger partial charge in [-0.25, -0.2) is 0 Å². The Morgan fingerprint density at radius 2 is 1.67 bits per heavy atom. The highest BCUT2D eigenvalue weighted by Gasteiger charge is 1.80. The second kappa shape index (κ2) is 7.42. The Hall–Kier alpha value is -1.69. The summed E-state index contributed by atoms with van der Waals surface area (Å²) in [6, 6.07) is 9.68. The van der Waals surface area contributed by atoms with E-state index in [4.69, 9.17) is 10.00 Å². The molecule has 0 heterocycles. The number of hydrogen-bond acceptors (Lipinski definition) is 3. The van der Waals surface area contributed by atoms with Gasteiger partial charge in [-0.15, -0.1) is 0 Å². The van der Waals surface area contributed by atoms with Crippen LogP contribution in [0.4, 0.5) is 0 Å². The molecule has 0 aliphatic carbocycles. The van der Waals surface area contributed by atoms with Crippen LogP contribution in [0.2, 0.25) is 0 Å². The van der Waals surface area contributed by atoms with E-state index in [1.54, 1.807) is 7.11 Å². The molecule has 0 spiro atoms. The number of nitrogens with zero attached hydrogens (tertiary/aromatic N) is 1. The van der Waals surface area contributed by atoms with Gasteiger partial charge in [0.25, 0.3) is 6.26 Å². The van der Waals surface area contributed by atoms with Crippen LogP contribution >= 0.6 is 0 Å². The molecule has 0 radical (unpaired) electrons. The SMILES string of the molecule is COC#N.COc1ccccc1. The average molecular weight is 165 g/mol. The topological polar surface area (TPSA) is 42.2 Å². The summed E-state index contributed by atoms with van der Waals surface area (Å²) < 4.78 is 8.76. The summed E-state index contributed by atoms with van der Waals surface area (Å²) in [6.45, 7) is 0. The molecule has 0 saturated carbocycles. The van der Waals surface area contributed by atoms with Gasteiger partial charge in [0.1, 0.15) is 5.75 Å². The van der Waals surface area contributed by atoms with E-state index in [1.807, 2.05) is 30.3 Å². The summed E-state index contributed by atoms with van der Waals surface area (Å²) in [5.41, 5.74) is 0. The summed E-state index contributed by atoms with van der Waals surface area (Å²) in [6.07, 6.45) is 1.43. The molecule has 3 nitrogen and oxygen atoms in total. The molecule has 12 heavy (non-hydrogen) atoms. The normalized spacial score (nSPS) is 7.08. The fourth-order valence-electron chi connectivity index (χ4n) is 0.557. The first-order chi connectivity index (χ1) is 5.85. The van der Waals surface area contributed by atoms with Gasteiger partial charge in [0.05, 0.1) is 14.2 Å². The van der Waals surface area contributed by atoms with Gasteiger partial charge in [0.2, 0.25) is 0 Å². The molecule has 0 saturated heterocycles. The zero-order valence-electron chi connectivity index (χ0n) is 7.15. The smallest absolute Gasteiger partial charge is 0.286 e. The number of ether oxygens (including phenoxy) is 2. The summed E-state index contributed by atoms with van der Waals surface area (Å²) in [7, 11) is 2.98. The van der Waals surface area contributed by atoms with Crippen molar-refractivity contribution in [2.24, 2.45) is 0 Å². The van der Waals surface area contributed by atoms with Crippen LogP contribution in [0.3, 0.4) is 0 Å². The molecule has 1 aromatic carbocycles. The largest absolute Gasteiger partial charge is 0.497 e. The van der Waals surface area contributed by atoms with Crippen molar-refractivity contribution >= 4 is 0 Å². The highest BCUT2D eigenvalue weighted by Crippen LogP contribution is 2.05. The maximum atomic E-state index is 7.40. The molecule has 64 valence electrons. The first kappa shape index (κ1) is 10.3. The lowest BCUT2D eigenvalue weighted by Crippen LogP contribution is -1.78. The molecule has 0 aliphatic heterocycles. The number of rotatable bonds is 1. The van der Waals surface area contributed by atoms with Crippen molar-refractivity contribution in [3.63, 3.8) is 0 Å². The van der Waals surface area contributed by atoms with Gasteiger partial charge in [0, 0.05) is 0 Å². The Balaban J connectivity index is 0.000000261. The molecule has 0 fully saturated rings. The second-order valence-corrected chi connectivity index (χ2v) is 1.81. The van der Waals surface area contributed by atoms with E-state index in [-0.39, 0.29) is 0 Å². The lowest BCUT2D eigenvalue weighted by molar-refractivity contribution is 0.362. The van der Waals surface area contributed by atoms with Gasteiger partial charge in [0.15, 0.2) is 0 Å². The Labute approximate surface area is 72.2 Å². The molecule has 0 aromatic heterocycles. The summed E-state index contributed by atoms with van der Waals surface area (Å²) in [4.78, 5) is 0. The first-order valence-electron chi connectivity index (χ1n) is 3.36. The van der Waals surface area contributed by atoms with Gasteiger partial charge < -0.3 is 9.47 Å². The first-order valence-corrected chi connectivity index (χ1v) is 3.36. The Bertz CT molecular complexity index is 228. The quantitative estimate of drug-likeness (QED) is 0.596. The maximum Gasteiger partial charge on any atom is 0.286 e. The Morgan fingerprint density at radius 1 is 1.17 bits per heavy atom. The van der Waals surface area contributed by atoms with Crippen LogP contribution in [-0.2, 0) is 4.74 Å². The fraction of sp³-hybridized carbons (Fsp3) is 0.222. The van der Waals surface area contributed by atoms with Gasteiger partial charge in [-0.05, 0) is 12.1 Å². The van der Waals surface area contributed by atoms with E-state index in [0.717, 1.165) is 5.75 Å². The molecular weight excluding hydrogens is 154 g/mol. The highest BCUT2D eigenvalue weighted by atomic mass is 16.5. The van der Waals surface area contributed by atoms with Gasteiger partial charge in [-0.1, -0.05) is 18.2 Å². The predicted octanol–water partition coefficient (Wildman–Crippen LogP) is 1.81. The van der Waals surface area contributed by atoms with Crippen molar-refractivity contribution in [3.05, 3.63) is 30.3 Å². The standard InChI is InChI=1S/C7H8O.C2H3NO/c1-8-7-5-3-2-4-6-7;1-4-2-3/h2-6H,1H3;1H3. The van der Waals surface area contributed by atoms with Crippen LogP contribution in [0.15, 0.2) is 30.3 Å². The second-order valence-electron chi connectivity index (χ2n) is 1.81. The molecule has 0 unspecified atom stereocenters. The van der Waals surface area contributed by atoms with E-state index in [0.29, 0.717) is 0 Å². The van der Waals surface area contributed by atoms with E-state index in [9.17, 15) is 0 Å². The van der Waals surface area contributed by atoms with Crippen molar-refractivity contribution in [3.8, 4) is 12.0 Å². The van der Waals surface area contributed by atoms with Crippen molar-refractivity contribution in [1.82, 2.24) is 0 Å². The zero-order chi connectivity index (χ0) is 9.23. The molecule has 0 aliphatic rings. The van der Waals surface area contributed by atoms with Crippen LogP contribution < -0.4 is 4.74 Å². The molecule has 1 rings (SSSR count). The molecular formula is C9H11NO2. The third-order valence-electron chi connectivity index (χ3n) is 1.07. The summed E-state index contributed by atoms with van der Waals surface area (Å²) >= 11 is 0. The van der Waals surface area contributed by atoms with Crippen LogP contribution in [0.1, 0.15) is 0 Å². The molecule has 0 N–H and O–H groups in total. The number of nitriles is 1. The predicted molar refractivity (Wildman–Crippen MR) is 45.6 cm³/mol. The van der Waals surface area contributed by atoms with Gasteiger partial charge in [-0.2, -0.15) is 5.26 Å². The fourth-order valence-corrected chi connectivity index (χ4v) is 0.557. The van der Waals surface area contributed by atoms with E-state index >= 15 is 0 Å². The van der Waals surface area contributed by atoms with Crippen LogP contribution in [-0.4, -0.2) is 14.2 Å². The summed E-state index contributed by atoms with van der Waals surface area (Å²) in [5, 5.41) is 7.40. The molecule has 0 amide bonds. The molecule has 0 bridgehead atoms. The van der Waals surface area contributed by atoms with Gasteiger partial charge in [-0.3, -0.25) is 0 Å². The van der Waals surface area contributed by atoms with Crippen LogP contribution in [0.5, 0.6) is 5.75 Å². The molecule has 3 heteroatoms. The maximum absolute atomic E-state index is 7.40. The molecule has 0 atom stereocenters. The van der Waals surface area contributed by atoms with Crippen molar-refractivity contribution < 1.29 is 9.47 Å². The number of hydrogen-bond donors (Lipinski definition) is 0. The lowest BCUT2D eigenvalue weighted by Gasteiger charge is -1.93.